The van der Waals surface area contributed by atoms with Gasteiger partial charge in [0.2, 0.25) is 17.7 Å². The molecule has 0 radical (unpaired) electrons. The number of carbonyl (C=O) groups is 3. The molecule has 2 amide bonds. The van der Waals surface area contributed by atoms with Crippen LogP contribution in [0.5, 0.6) is 0 Å². The minimum Gasteiger partial charge on any atom is -0.473 e. The maximum atomic E-state index is 13.0. The average molecular weight is 465 g/mol. The van der Waals surface area contributed by atoms with Gasteiger partial charge in [-0.05, 0) is 31.1 Å². The van der Waals surface area contributed by atoms with Crippen LogP contribution in [0.15, 0.2) is 27.8 Å². The molecule has 0 saturated heterocycles. The molecular formula is C21H28N4O6S. The van der Waals surface area contributed by atoms with Crippen molar-refractivity contribution in [1.82, 2.24) is 15.6 Å². The van der Waals surface area contributed by atoms with Crippen LogP contribution in [0, 0.1) is 5.92 Å². The summed E-state index contributed by atoms with van der Waals surface area (Å²) < 4.78 is 16.6. The zero-order valence-electron chi connectivity index (χ0n) is 18.3. The second-order valence-electron chi connectivity index (χ2n) is 8.20. The van der Waals surface area contributed by atoms with Gasteiger partial charge in [0, 0.05) is 0 Å². The maximum absolute atomic E-state index is 13.0. The predicted molar refractivity (Wildman–Crippen MR) is 118 cm³/mol. The molecule has 3 atom stereocenters. The van der Waals surface area contributed by atoms with E-state index in [0.717, 1.165) is 0 Å². The van der Waals surface area contributed by atoms with Gasteiger partial charge in [-0.1, -0.05) is 19.9 Å². The van der Waals surface area contributed by atoms with Crippen molar-refractivity contribution in [1.29, 1.82) is 0 Å². The number of rotatable bonds is 4. The van der Waals surface area contributed by atoms with Crippen LogP contribution in [0.3, 0.4) is 0 Å². The van der Waals surface area contributed by atoms with Crippen molar-refractivity contribution >= 4 is 36.3 Å². The number of fused-ring (bicyclic) bond motifs is 4. The predicted octanol–water partition coefficient (Wildman–Crippen LogP) is 1.16. The minimum absolute atomic E-state index is 0.0119. The number of cyclic esters (lactones) is 1. The Morgan fingerprint density at radius 3 is 2.84 bits per heavy atom. The summed E-state index contributed by atoms with van der Waals surface area (Å²) in [4.78, 5) is 47.0. The number of aromatic nitrogens is 1. The van der Waals surface area contributed by atoms with E-state index in [0.29, 0.717) is 17.9 Å². The van der Waals surface area contributed by atoms with E-state index in [1.54, 1.807) is 32.9 Å². The highest BCUT2D eigenvalue weighted by atomic mass is 32.1. The number of esters is 1. The standard InChI is InChI=1S/C21H28N4O6S/c1-12(2)17-19(27)31-13(6-4-5-7-32)8-15(26)22-9-16-23-14(10-29-16)18-25-21(3,11-30-18)20(28)24-17/h4,6,10,12-13,17,32H,5,7-9,11H2,1-3H3,(H,22,26)(H,24,28)/b6-4+/t13?,17?,21-/m0/s1. The molecule has 11 heteroatoms. The molecule has 2 aliphatic heterocycles. The van der Waals surface area contributed by atoms with Gasteiger partial charge in [0.25, 0.3) is 5.91 Å². The number of allylic oxidation sites excluding steroid dienone is 1. The summed E-state index contributed by atoms with van der Waals surface area (Å²) in [6.45, 7) is 5.23. The van der Waals surface area contributed by atoms with Crippen LogP contribution < -0.4 is 10.6 Å². The van der Waals surface area contributed by atoms with E-state index >= 15 is 0 Å². The van der Waals surface area contributed by atoms with E-state index in [9.17, 15) is 14.4 Å². The number of oxazole rings is 1. The Morgan fingerprint density at radius 2 is 2.12 bits per heavy atom. The summed E-state index contributed by atoms with van der Waals surface area (Å²) in [7, 11) is 0. The summed E-state index contributed by atoms with van der Waals surface area (Å²) in [5.74, 6) is -0.678. The lowest BCUT2D eigenvalue weighted by molar-refractivity contribution is -0.153. The Balaban J connectivity index is 1.92. The number of thiol groups is 1. The molecule has 1 aromatic heterocycles. The maximum Gasteiger partial charge on any atom is 0.329 e. The highest BCUT2D eigenvalue weighted by molar-refractivity contribution is 7.80. The molecule has 174 valence electrons. The van der Waals surface area contributed by atoms with Crippen molar-refractivity contribution in [2.45, 2.75) is 57.8 Å². The number of aliphatic imine (C=N–C) groups is 1. The van der Waals surface area contributed by atoms with E-state index < -0.39 is 29.6 Å². The van der Waals surface area contributed by atoms with Gasteiger partial charge in [-0.25, -0.2) is 14.8 Å². The van der Waals surface area contributed by atoms with Crippen LogP contribution in [-0.2, 0) is 30.4 Å². The van der Waals surface area contributed by atoms with Gasteiger partial charge in [-0.3, -0.25) is 9.59 Å². The number of nitrogens with zero attached hydrogens (tertiary/aromatic N) is 2. The molecule has 2 unspecified atom stereocenters. The molecule has 3 rings (SSSR count). The van der Waals surface area contributed by atoms with Crippen molar-refractivity contribution in [3.63, 3.8) is 0 Å². The molecule has 1 aromatic rings. The summed E-state index contributed by atoms with van der Waals surface area (Å²) in [6, 6.07) is -0.922. The zero-order chi connectivity index (χ0) is 23.3. The Hall–Kier alpha value is -2.82. The lowest BCUT2D eigenvalue weighted by atomic mass is 10.00. The fourth-order valence-corrected chi connectivity index (χ4v) is 3.30. The third-order valence-corrected chi connectivity index (χ3v) is 5.30. The third-order valence-electron chi connectivity index (χ3n) is 5.04. The third kappa shape index (κ3) is 5.70. The highest BCUT2D eigenvalue weighted by Gasteiger charge is 2.43. The summed E-state index contributed by atoms with van der Waals surface area (Å²) in [5, 5.41) is 5.43. The van der Waals surface area contributed by atoms with Gasteiger partial charge < -0.3 is 24.5 Å². The molecule has 32 heavy (non-hydrogen) atoms. The quantitative estimate of drug-likeness (QED) is 0.346. The topological polar surface area (TPSA) is 132 Å². The second-order valence-corrected chi connectivity index (χ2v) is 8.64. The monoisotopic (exact) mass is 464 g/mol. The number of ether oxygens (including phenoxy) is 2. The van der Waals surface area contributed by atoms with Gasteiger partial charge >= 0.3 is 5.97 Å². The molecule has 0 aromatic carbocycles. The van der Waals surface area contributed by atoms with Crippen LogP contribution in [0.1, 0.15) is 45.2 Å². The van der Waals surface area contributed by atoms with Gasteiger partial charge in [0.15, 0.2) is 11.2 Å². The van der Waals surface area contributed by atoms with Crippen LogP contribution in [0.2, 0.25) is 0 Å². The molecule has 0 fully saturated rings. The van der Waals surface area contributed by atoms with Gasteiger partial charge in [-0.2, -0.15) is 12.6 Å². The fraction of sp³-hybridized carbons (Fsp3) is 0.571. The van der Waals surface area contributed by atoms with Crippen molar-refractivity contribution in [2.75, 3.05) is 12.4 Å². The van der Waals surface area contributed by atoms with Crippen LogP contribution in [-0.4, -0.2) is 58.7 Å². The number of nitrogens with one attached hydrogen (secondary N) is 2. The highest BCUT2D eigenvalue weighted by Crippen LogP contribution is 2.23. The van der Waals surface area contributed by atoms with Crippen molar-refractivity contribution in [3.8, 4) is 0 Å². The lowest BCUT2D eigenvalue weighted by Crippen LogP contribution is -2.53. The van der Waals surface area contributed by atoms with Crippen LogP contribution in [0.25, 0.3) is 0 Å². The molecule has 0 aliphatic carbocycles. The SMILES string of the molecule is CC(C)C1NC(=O)[C@]2(C)COC(=N2)c2coc(n2)CNC(=O)CC(/C=C/CCS)OC1=O. The lowest BCUT2D eigenvalue weighted by Gasteiger charge is -2.26. The number of hydrogen-bond donors (Lipinski definition) is 3. The first-order chi connectivity index (χ1) is 15.2. The van der Waals surface area contributed by atoms with E-state index in [4.69, 9.17) is 13.9 Å². The average Bonchev–Trinajstić information content (AvgIpc) is 3.37. The first kappa shape index (κ1) is 23.8. The van der Waals surface area contributed by atoms with Crippen LogP contribution >= 0.6 is 12.6 Å². The van der Waals surface area contributed by atoms with E-state index in [1.807, 2.05) is 0 Å². The van der Waals surface area contributed by atoms with Crippen molar-refractivity contribution in [2.24, 2.45) is 10.9 Å². The summed E-state index contributed by atoms with van der Waals surface area (Å²) >= 11 is 4.16. The normalized spacial score (nSPS) is 27.0. The Morgan fingerprint density at radius 1 is 1.34 bits per heavy atom. The minimum atomic E-state index is -1.24. The fourth-order valence-electron chi connectivity index (χ4n) is 3.15. The first-order valence-electron chi connectivity index (χ1n) is 10.4. The number of amides is 2. The van der Waals surface area contributed by atoms with Gasteiger partial charge in [0.05, 0.1) is 13.0 Å². The summed E-state index contributed by atoms with van der Waals surface area (Å²) in [5.41, 5.74) is -0.913. The molecule has 2 N–H and O–H groups in total. The van der Waals surface area contributed by atoms with E-state index in [-0.39, 0.29) is 43.2 Å². The zero-order valence-corrected chi connectivity index (χ0v) is 19.2. The van der Waals surface area contributed by atoms with Crippen molar-refractivity contribution in [3.05, 3.63) is 30.0 Å². The van der Waals surface area contributed by atoms with Crippen molar-refractivity contribution < 1.29 is 28.3 Å². The number of hydrogen-bond acceptors (Lipinski definition) is 9. The van der Waals surface area contributed by atoms with Crippen LogP contribution in [0.4, 0.5) is 0 Å². The van der Waals surface area contributed by atoms with E-state index in [1.165, 1.54) is 6.26 Å². The van der Waals surface area contributed by atoms with E-state index in [2.05, 4.69) is 33.2 Å². The van der Waals surface area contributed by atoms with Gasteiger partial charge in [0.1, 0.15) is 25.0 Å². The van der Waals surface area contributed by atoms with Gasteiger partial charge in [-0.15, -0.1) is 0 Å². The largest absolute Gasteiger partial charge is 0.473 e. The molecular weight excluding hydrogens is 436 g/mol. The molecule has 10 nitrogen and oxygen atoms in total. The first-order valence-corrected chi connectivity index (χ1v) is 11.1. The molecule has 0 saturated carbocycles. The second kappa shape index (κ2) is 10.2. The molecule has 4 bridgehead atoms. The Kier molecular flexibility index (Phi) is 7.60. The molecule has 0 spiro atoms. The summed E-state index contributed by atoms with van der Waals surface area (Å²) in [6.07, 6.45) is 4.57. The molecule has 3 heterocycles. The smallest absolute Gasteiger partial charge is 0.329 e. The number of carbonyl (C=O) groups excluding carboxylic acids is 3. The Bertz CT molecular complexity index is 927. The molecule has 2 aliphatic rings. The Labute approximate surface area is 191 Å².